The minimum absolute atomic E-state index is 0.00718. The van der Waals surface area contributed by atoms with Crippen LogP contribution >= 0.6 is 11.6 Å². The number of hydrogen-bond acceptors (Lipinski definition) is 6. The monoisotopic (exact) mass is 540 g/mol. The zero-order valence-electron chi connectivity index (χ0n) is 23.4. The number of rotatable bonds is 16. The minimum atomic E-state index is -0.751. The molecule has 1 aromatic carbocycles. The number of amides is 1. The number of aliphatic hydroxyl groups is 1. The van der Waals surface area contributed by atoms with Crippen molar-refractivity contribution in [3.63, 3.8) is 0 Å². The summed E-state index contributed by atoms with van der Waals surface area (Å²) in [6.07, 6.45) is 3.54. The third kappa shape index (κ3) is 11.1. The third-order valence-electron chi connectivity index (χ3n) is 7.46. The van der Waals surface area contributed by atoms with E-state index in [1.54, 1.807) is 7.11 Å². The largest absolute Gasteiger partial charge is 0.492 e. The summed E-state index contributed by atoms with van der Waals surface area (Å²) < 4.78 is 16.3. The molecule has 2 rings (SSSR count). The average molecular weight is 541 g/mol. The molecule has 1 fully saturated rings. The zero-order valence-corrected chi connectivity index (χ0v) is 24.1. The summed E-state index contributed by atoms with van der Waals surface area (Å²) in [6.45, 7) is 11.0. The maximum absolute atomic E-state index is 13.0. The van der Waals surface area contributed by atoms with E-state index in [-0.39, 0.29) is 29.7 Å². The Bertz CT molecular complexity index is 801. The normalized spacial score (nSPS) is 18.0. The Morgan fingerprint density at radius 1 is 1.16 bits per heavy atom. The van der Waals surface area contributed by atoms with Crippen molar-refractivity contribution in [1.29, 1.82) is 0 Å². The molecule has 37 heavy (non-hydrogen) atoms. The van der Waals surface area contributed by atoms with E-state index in [2.05, 4.69) is 19.2 Å². The van der Waals surface area contributed by atoms with Crippen LogP contribution in [0.5, 0.6) is 5.75 Å². The topological polar surface area (TPSA) is 103 Å². The summed E-state index contributed by atoms with van der Waals surface area (Å²) in [7, 11) is 1.67. The van der Waals surface area contributed by atoms with Crippen molar-refractivity contribution in [3.05, 3.63) is 28.8 Å². The van der Waals surface area contributed by atoms with Crippen LogP contribution in [0.4, 0.5) is 0 Å². The lowest BCUT2D eigenvalue weighted by atomic mass is 9.80. The maximum atomic E-state index is 13.0. The van der Waals surface area contributed by atoms with Gasteiger partial charge in [0.05, 0.1) is 17.7 Å². The molecule has 0 aliphatic carbocycles. The highest BCUT2D eigenvalue weighted by Crippen LogP contribution is 2.30. The number of methoxy groups -OCH3 is 1. The molecule has 7 nitrogen and oxygen atoms in total. The van der Waals surface area contributed by atoms with E-state index >= 15 is 0 Å². The van der Waals surface area contributed by atoms with E-state index < -0.39 is 12.1 Å². The fourth-order valence-electron chi connectivity index (χ4n) is 4.84. The number of hydrogen-bond donors (Lipinski definition) is 3. The fraction of sp³-hybridized carbons (Fsp3) is 0.759. The van der Waals surface area contributed by atoms with Crippen LogP contribution in [0.25, 0.3) is 0 Å². The lowest BCUT2D eigenvalue weighted by Crippen LogP contribution is -2.46. The molecule has 1 aliphatic rings. The van der Waals surface area contributed by atoms with E-state index in [0.29, 0.717) is 56.0 Å². The Morgan fingerprint density at radius 2 is 1.86 bits per heavy atom. The Balaban J connectivity index is 1.97. The highest BCUT2D eigenvalue weighted by Gasteiger charge is 2.31. The fourth-order valence-corrected chi connectivity index (χ4v) is 5.01. The lowest BCUT2D eigenvalue weighted by molar-refractivity contribution is -0.129. The third-order valence-corrected chi connectivity index (χ3v) is 7.77. The van der Waals surface area contributed by atoms with Gasteiger partial charge in [0, 0.05) is 51.4 Å². The number of halogens is 1. The molecular formula is C29H49ClN2O5. The van der Waals surface area contributed by atoms with Crippen molar-refractivity contribution in [2.45, 2.75) is 84.4 Å². The number of carbonyl (C=O) groups excluding carboxylic acids is 1. The highest BCUT2D eigenvalue weighted by atomic mass is 35.5. The number of nitrogens with two attached hydrogens (primary N) is 1. The van der Waals surface area contributed by atoms with Gasteiger partial charge in [0.25, 0.3) is 0 Å². The van der Waals surface area contributed by atoms with Crippen LogP contribution in [-0.2, 0) is 20.7 Å². The summed E-state index contributed by atoms with van der Waals surface area (Å²) in [5.41, 5.74) is 7.66. The number of ether oxygens (including phenoxy) is 3. The smallest absolute Gasteiger partial charge is 0.223 e. The van der Waals surface area contributed by atoms with Crippen LogP contribution in [-0.4, -0.2) is 62.7 Å². The van der Waals surface area contributed by atoms with Gasteiger partial charge in [-0.15, -0.1) is 0 Å². The molecule has 0 bridgehead atoms. The first-order valence-electron chi connectivity index (χ1n) is 13.8. The number of carbonyl (C=O) groups is 1. The summed E-state index contributed by atoms with van der Waals surface area (Å²) in [4.78, 5) is 13.0. The maximum Gasteiger partial charge on any atom is 0.223 e. The second-order valence-electron chi connectivity index (χ2n) is 11.1. The summed E-state index contributed by atoms with van der Waals surface area (Å²) >= 11 is 6.35. The predicted octanol–water partition coefficient (Wildman–Crippen LogP) is 4.61. The molecular weight excluding hydrogens is 492 g/mol. The molecule has 1 aromatic rings. The second-order valence-corrected chi connectivity index (χ2v) is 11.5. The van der Waals surface area contributed by atoms with Gasteiger partial charge in [-0.1, -0.05) is 45.4 Å². The quantitative estimate of drug-likeness (QED) is 0.265. The van der Waals surface area contributed by atoms with E-state index in [4.69, 9.17) is 31.5 Å². The Kier molecular flexibility index (Phi) is 14.2. The molecule has 212 valence electrons. The molecule has 4 unspecified atom stereocenters. The first-order chi connectivity index (χ1) is 17.6. The van der Waals surface area contributed by atoms with Crippen LogP contribution < -0.4 is 15.8 Å². The van der Waals surface area contributed by atoms with Gasteiger partial charge in [0.1, 0.15) is 5.75 Å². The van der Waals surface area contributed by atoms with Gasteiger partial charge in [0.15, 0.2) is 0 Å². The van der Waals surface area contributed by atoms with Crippen molar-refractivity contribution in [2.75, 3.05) is 33.5 Å². The molecule has 0 aromatic heterocycles. The van der Waals surface area contributed by atoms with E-state index in [1.165, 1.54) is 0 Å². The van der Waals surface area contributed by atoms with E-state index in [0.717, 1.165) is 31.2 Å². The predicted molar refractivity (Wildman–Crippen MR) is 149 cm³/mol. The molecule has 4 N–H and O–H groups in total. The van der Waals surface area contributed by atoms with Gasteiger partial charge in [-0.2, -0.15) is 0 Å². The molecule has 1 aliphatic heterocycles. The first kappa shape index (κ1) is 31.8. The Labute approximate surface area is 228 Å². The number of aliphatic hydroxyl groups excluding tert-OH is 1. The number of nitrogens with one attached hydrogen (secondary N) is 1. The molecule has 8 heteroatoms. The summed E-state index contributed by atoms with van der Waals surface area (Å²) in [5.74, 6) is 1.15. The van der Waals surface area contributed by atoms with Gasteiger partial charge in [0.2, 0.25) is 5.91 Å². The van der Waals surface area contributed by atoms with Crippen LogP contribution in [0, 0.1) is 23.7 Å². The molecule has 0 saturated carbocycles. The van der Waals surface area contributed by atoms with Crippen molar-refractivity contribution < 1.29 is 24.1 Å². The summed E-state index contributed by atoms with van der Waals surface area (Å²) in [5, 5.41) is 14.8. The van der Waals surface area contributed by atoms with Crippen LogP contribution in [0.2, 0.25) is 5.02 Å². The second kappa shape index (κ2) is 16.6. The van der Waals surface area contributed by atoms with Crippen LogP contribution in [0.1, 0.15) is 65.4 Å². The van der Waals surface area contributed by atoms with Gasteiger partial charge in [-0.25, -0.2) is 0 Å². The highest BCUT2D eigenvalue weighted by molar-refractivity contribution is 6.32. The summed E-state index contributed by atoms with van der Waals surface area (Å²) in [6, 6.07) is 5.63. The molecule has 4 atom stereocenters. The standard InChI is InChI=1S/C29H49ClN2O5/c1-19(2)22(15-21-7-8-25(30)28(16-21)37-12-6-11-35-5)17-26(31)27(33)18-24(20(3)4)29(34)32-23-9-13-36-14-10-23/h7-8,16,19-20,22-24,26-27,33H,6,9-15,17-18,31H2,1-5H3,(H,32,34). The molecule has 1 saturated heterocycles. The molecule has 1 amide bonds. The zero-order chi connectivity index (χ0) is 27.4. The van der Waals surface area contributed by atoms with Gasteiger partial charge >= 0.3 is 0 Å². The van der Waals surface area contributed by atoms with Crippen molar-refractivity contribution in [3.8, 4) is 5.75 Å². The average Bonchev–Trinajstić information content (AvgIpc) is 2.86. The van der Waals surface area contributed by atoms with Gasteiger partial charge in [-0.05, 0) is 67.6 Å². The first-order valence-corrected chi connectivity index (χ1v) is 14.2. The van der Waals surface area contributed by atoms with Crippen LogP contribution in [0.15, 0.2) is 18.2 Å². The van der Waals surface area contributed by atoms with E-state index in [9.17, 15) is 9.90 Å². The molecule has 0 radical (unpaired) electrons. The lowest BCUT2D eigenvalue weighted by Gasteiger charge is -2.31. The van der Waals surface area contributed by atoms with Gasteiger partial charge < -0.3 is 30.4 Å². The van der Waals surface area contributed by atoms with Crippen molar-refractivity contribution in [1.82, 2.24) is 5.32 Å². The van der Waals surface area contributed by atoms with Crippen molar-refractivity contribution in [2.24, 2.45) is 29.4 Å². The van der Waals surface area contributed by atoms with Gasteiger partial charge in [-0.3, -0.25) is 4.79 Å². The van der Waals surface area contributed by atoms with Crippen molar-refractivity contribution >= 4 is 17.5 Å². The number of benzene rings is 1. The van der Waals surface area contributed by atoms with E-state index in [1.807, 2.05) is 32.0 Å². The Hall–Kier alpha value is -1.38. The molecule has 1 heterocycles. The minimum Gasteiger partial charge on any atom is -0.492 e. The SMILES string of the molecule is COCCCOc1cc(CC(CC(N)C(O)CC(C(=O)NC2CCOCC2)C(C)C)C(C)C)ccc1Cl. The molecule has 0 spiro atoms. The van der Waals surface area contributed by atoms with Crippen LogP contribution in [0.3, 0.4) is 0 Å². The Morgan fingerprint density at radius 3 is 2.49 bits per heavy atom.